The number of carbonyl (C=O) groups is 1. The Labute approximate surface area is 135 Å². The maximum atomic E-state index is 13.2. The molecule has 0 bridgehead atoms. The molecule has 2 amide bonds. The van der Waals surface area contributed by atoms with Crippen LogP contribution in [0.15, 0.2) is 48.5 Å². The van der Waals surface area contributed by atoms with Crippen molar-refractivity contribution in [3.63, 3.8) is 0 Å². The molecule has 4 nitrogen and oxygen atoms in total. The maximum absolute atomic E-state index is 13.2. The fraction of sp³-hybridized carbons (Fsp3) is 0.222. The van der Waals surface area contributed by atoms with E-state index >= 15 is 0 Å². The van der Waals surface area contributed by atoms with E-state index in [4.69, 9.17) is 5.26 Å². The summed E-state index contributed by atoms with van der Waals surface area (Å²) in [5, 5.41) is 11.7. The summed E-state index contributed by atoms with van der Waals surface area (Å²) in [6, 6.07) is 15.0. The molecule has 0 radical (unpaired) electrons. The Balaban J connectivity index is 2.14. The lowest BCUT2D eigenvalue weighted by Gasteiger charge is -2.23. The zero-order valence-corrected chi connectivity index (χ0v) is 12.9. The van der Waals surface area contributed by atoms with E-state index in [0.29, 0.717) is 18.8 Å². The first-order chi connectivity index (χ1) is 11.1. The van der Waals surface area contributed by atoms with Crippen molar-refractivity contribution in [2.45, 2.75) is 19.9 Å². The van der Waals surface area contributed by atoms with Gasteiger partial charge in [-0.05, 0) is 30.2 Å². The summed E-state index contributed by atoms with van der Waals surface area (Å²) in [7, 11) is 0. The number of nitriles is 1. The van der Waals surface area contributed by atoms with Crippen LogP contribution in [0.3, 0.4) is 0 Å². The molecule has 0 unspecified atom stereocenters. The molecule has 0 aliphatic carbocycles. The average Bonchev–Trinajstić information content (AvgIpc) is 2.57. The molecule has 2 aromatic rings. The van der Waals surface area contributed by atoms with E-state index in [-0.39, 0.29) is 11.6 Å². The third kappa shape index (κ3) is 4.55. The van der Waals surface area contributed by atoms with E-state index in [0.717, 1.165) is 18.1 Å². The van der Waals surface area contributed by atoms with Crippen LogP contribution < -0.4 is 5.32 Å². The average molecular weight is 311 g/mol. The third-order valence-electron chi connectivity index (χ3n) is 3.34. The SMILES string of the molecule is CCCN(Cc1ccccc1)C(=O)Nc1ccc(F)cc1C#N. The van der Waals surface area contributed by atoms with Gasteiger partial charge in [0.25, 0.3) is 0 Å². The summed E-state index contributed by atoms with van der Waals surface area (Å²) < 4.78 is 13.2. The highest BCUT2D eigenvalue weighted by Gasteiger charge is 2.15. The zero-order chi connectivity index (χ0) is 16.7. The van der Waals surface area contributed by atoms with Gasteiger partial charge in [0, 0.05) is 13.1 Å². The summed E-state index contributed by atoms with van der Waals surface area (Å²) in [4.78, 5) is 14.1. The molecule has 118 valence electrons. The number of urea groups is 1. The highest BCUT2D eigenvalue weighted by atomic mass is 19.1. The molecular formula is C18H18FN3O. The van der Waals surface area contributed by atoms with E-state index < -0.39 is 5.82 Å². The summed E-state index contributed by atoms with van der Waals surface area (Å²) in [5.74, 6) is -0.505. The first-order valence-corrected chi connectivity index (χ1v) is 7.43. The van der Waals surface area contributed by atoms with Crippen molar-refractivity contribution in [3.05, 3.63) is 65.5 Å². The van der Waals surface area contributed by atoms with Crippen LogP contribution >= 0.6 is 0 Å². The number of anilines is 1. The zero-order valence-electron chi connectivity index (χ0n) is 12.9. The largest absolute Gasteiger partial charge is 0.322 e. The second-order valence-corrected chi connectivity index (χ2v) is 5.14. The molecule has 2 aromatic carbocycles. The van der Waals surface area contributed by atoms with Gasteiger partial charge in [-0.15, -0.1) is 0 Å². The minimum atomic E-state index is -0.505. The molecule has 0 atom stereocenters. The van der Waals surface area contributed by atoms with Crippen LogP contribution in [0.25, 0.3) is 0 Å². The van der Waals surface area contributed by atoms with Crippen molar-refractivity contribution in [3.8, 4) is 6.07 Å². The van der Waals surface area contributed by atoms with E-state index in [1.165, 1.54) is 12.1 Å². The Morgan fingerprint density at radius 1 is 1.26 bits per heavy atom. The first-order valence-electron chi connectivity index (χ1n) is 7.43. The van der Waals surface area contributed by atoms with E-state index in [2.05, 4.69) is 5.32 Å². The second-order valence-electron chi connectivity index (χ2n) is 5.14. The normalized spacial score (nSPS) is 9.96. The third-order valence-corrected chi connectivity index (χ3v) is 3.34. The van der Waals surface area contributed by atoms with Crippen LogP contribution in [0.1, 0.15) is 24.5 Å². The molecule has 2 rings (SSSR count). The van der Waals surface area contributed by atoms with Gasteiger partial charge in [0.1, 0.15) is 11.9 Å². The van der Waals surface area contributed by atoms with Gasteiger partial charge < -0.3 is 10.2 Å². The minimum Gasteiger partial charge on any atom is -0.320 e. The van der Waals surface area contributed by atoms with Crippen molar-refractivity contribution in [2.75, 3.05) is 11.9 Å². The summed E-state index contributed by atoms with van der Waals surface area (Å²) in [6.45, 7) is 3.05. The first kappa shape index (κ1) is 16.5. The van der Waals surface area contributed by atoms with Crippen LogP contribution in [0.2, 0.25) is 0 Å². The molecule has 0 aliphatic rings. The van der Waals surface area contributed by atoms with Gasteiger partial charge in [0.15, 0.2) is 0 Å². The molecule has 5 heteroatoms. The molecule has 1 N–H and O–H groups in total. The fourth-order valence-corrected chi connectivity index (χ4v) is 2.24. The number of benzene rings is 2. The van der Waals surface area contributed by atoms with Crippen molar-refractivity contribution >= 4 is 11.7 Å². The van der Waals surface area contributed by atoms with E-state index in [9.17, 15) is 9.18 Å². The monoisotopic (exact) mass is 311 g/mol. The van der Waals surface area contributed by atoms with Gasteiger partial charge in [0.2, 0.25) is 0 Å². The van der Waals surface area contributed by atoms with Crippen LogP contribution in [0.5, 0.6) is 0 Å². The highest BCUT2D eigenvalue weighted by Crippen LogP contribution is 2.17. The van der Waals surface area contributed by atoms with Gasteiger partial charge in [-0.1, -0.05) is 37.3 Å². The van der Waals surface area contributed by atoms with Crippen LogP contribution in [0, 0.1) is 17.1 Å². The molecule has 0 saturated carbocycles. The Kier molecular flexibility index (Phi) is 5.70. The Bertz CT molecular complexity index is 710. The molecule has 0 aliphatic heterocycles. The highest BCUT2D eigenvalue weighted by molar-refractivity contribution is 5.90. The van der Waals surface area contributed by atoms with Crippen molar-refractivity contribution in [1.29, 1.82) is 5.26 Å². The van der Waals surface area contributed by atoms with E-state index in [1.54, 1.807) is 4.90 Å². The lowest BCUT2D eigenvalue weighted by atomic mass is 10.2. The smallest absolute Gasteiger partial charge is 0.320 e. The molecule has 0 heterocycles. The molecular weight excluding hydrogens is 293 g/mol. The number of carbonyl (C=O) groups excluding carboxylic acids is 1. The lowest BCUT2D eigenvalue weighted by Crippen LogP contribution is -2.35. The lowest BCUT2D eigenvalue weighted by molar-refractivity contribution is 0.209. The van der Waals surface area contributed by atoms with Crippen molar-refractivity contribution < 1.29 is 9.18 Å². The topological polar surface area (TPSA) is 56.1 Å². The minimum absolute atomic E-state index is 0.106. The summed E-state index contributed by atoms with van der Waals surface area (Å²) >= 11 is 0. The Morgan fingerprint density at radius 2 is 2.00 bits per heavy atom. The number of halogens is 1. The number of nitrogens with one attached hydrogen (secondary N) is 1. The molecule has 0 aromatic heterocycles. The van der Waals surface area contributed by atoms with Gasteiger partial charge >= 0.3 is 6.03 Å². The van der Waals surface area contributed by atoms with Gasteiger partial charge in [0.05, 0.1) is 11.3 Å². The van der Waals surface area contributed by atoms with Crippen LogP contribution in [0.4, 0.5) is 14.9 Å². The molecule has 0 spiro atoms. The van der Waals surface area contributed by atoms with E-state index in [1.807, 2.05) is 43.3 Å². The number of amides is 2. The predicted molar refractivity (Wildman–Crippen MR) is 87.3 cm³/mol. The Hall–Kier alpha value is -2.87. The number of nitrogens with zero attached hydrogens (tertiary/aromatic N) is 2. The van der Waals surface area contributed by atoms with Crippen molar-refractivity contribution in [2.24, 2.45) is 0 Å². The van der Waals surface area contributed by atoms with Gasteiger partial charge in [-0.2, -0.15) is 5.26 Å². The second kappa shape index (κ2) is 7.95. The molecule has 0 fully saturated rings. The van der Waals surface area contributed by atoms with Crippen LogP contribution in [-0.4, -0.2) is 17.5 Å². The number of rotatable bonds is 5. The molecule has 23 heavy (non-hydrogen) atoms. The molecule has 0 saturated heterocycles. The van der Waals surface area contributed by atoms with Gasteiger partial charge in [-0.3, -0.25) is 0 Å². The Morgan fingerprint density at radius 3 is 2.65 bits per heavy atom. The predicted octanol–water partition coefficient (Wildman–Crippen LogP) is 4.14. The number of hydrogen-bond acceptors (Lipinski definition) is 2. The van der Waals surface area contributed by atoms with Crippen molar-refractivity contribution in [1.82, 2.24) is 4.90 Å². The standard InChI is InChI=1S/C18H18FN3O/c1-2-10-22(13-14-6-4-3-5-7-14)18(23)21-17-9-8-16(19)11-15(17)12-20/h3-9,11H,2,10,13H2,1H3,(H,21,23). The summed E-state index contributed by atoms with van der Waals surface area (Å²) in [6.07, 6.45) is 0.814. The van der Waals surface area contributed by atoms with Gasteiger partial charge in [-0.25, -0.2) is 9.18 Å². The quantitative estimate of drug-likeness (QED) is 0.902. The maximum Gasteiger partial charge on any atom is 0.322 e. The fourth-order valence-electron chi connectivity index (χ4n) is 2.24. The summed E-state index contributed by atoms with van der Waals surface area (Å²) in [5.41, 5.74) is 1.44. The number of hydrogen-bond donors (Lipinski definition) is 1. The van der Waals surface area contributed by atoms with Crippen LogP contribution in [-0.2, 0) is 6.54 Å².